The Hall–Kier alpha value is -1.07. The normalized spacial score (nSPS) is 16.5. The fourth-order valence-corrected chi connectivity index (χ4v) is 3.40. The van der Waals surface area contributed by atoms with Crippen LogP contribution in [0.15, 0.2) is 22.7 Å². The number of nitrogen functional groups attached to an aromatic ring is 1. The minimum absolute atomic E-state index is 0.105. The molecule has 1 aromatic carbocycles. The summed E-state index contributed by atoms with van der Waals surface area (Å²) < 4.78 is 0.784. The SMILES string of the molecule is CCN(CC)C1CCN(C(=O)c2ccc(N)c(Br)c2)CC1. The molecule has 1 aromatic rings. The summed E-state index contributed by atoms with van der Waals surface area (Å²) in [6, 6.07) is 6.01. The molecule has 0 bridgehead atoms. The standard InChI is InChI=1S/C16H24BrN3O/c1-3-19(4-2)13-7-9-20(10-8-13)16(21)12-5-6-15(18)14(17)11-12/h5-6,11,13H,3-4,7-10,18H2,1-2H3. The van der Waals surface area contributed by atoms with Gasteiger partial charge in [-0.2, -0.15) is 0 Å². The lowest BCUT2D eigenvalue weighted by Gasteiger charge is -2.37. The van der Waals surface area contributed by atoms with Gasteiger partial charge in [-0.25, -0.2) is 0 Å². The highest BCUT2D eigenvalue weighted by molar-refractivity contribution is 9.10. The maximum absolute atomic E-state index is 12.5. The number of nitrogens with two attached hydrogens (primary N) is 1. The van der Waals surface area contributed by atoms with Crippen LogP contribution in [0, 0.1) is 0 Å². The zero-order valence-corrected chi connectivity index (χ0v) is 14.4. The molecule has 116 valence electrons. The molecule has 0 saturated carbocycles. The van der Waals surface area contributed by atoms with Crippen molar-refractivity contribution in [2.24, 2.45) is 0 Å². The number of rotatable bonds is 4. The zero-order valence-electron chi connectivity index (χ0n) is 12.8. The van der Waals surface area contributed by atoms with Gasteiger partial charge in [0.15, 0.2) is 0 Å². The Morgan fingerprint density at radius 3 is 2.48 bits per heavy atom. The molecule has 21 heavy (non-hydrogen) atoms. The lowest BCUT2D eigenvalue weighted by atomic mass is 10.0. The van der Waals surface area contributed by atoms with Crippen LogP contribution < -0.4 is 5.73 Å². The molecular weight excluding hydrogens is 330 g/mol. The van der Waals surface area contributed by atoms with Crippen molar-refractivity contribution in [3.05, 3.63) is 28.2 Å². The van der Waals surface area contributed by atoms with E-state index in [1.54, 1.807) is 12.1 Å². The molecule has 0 radical (unpaired) electrons. The van der Waals surface area contributed by atoms with E-state index in [1.807, 2.05) is 11.0 Å². The van der Waals surface area contributed by atoms with Gasteiger partial charge in [-0.1, -0.05) is 13.8 Å². The van der Waals surface area contributed by atoms with Crippen molar-refractivity contribution in [1.82, 2.24) is 9.80 Å². The van der Waals surface area contributed by atoms with Crippen LogP contribution >= 0.6 is 15.9 Å². The first kappa shape index (κ1) is 16.3. The molecule has 0 spiro atoms. The molecular formula is C16H24BrN3O. The summed E-state index contributed by atoms with van der Waals surface area (Å²) in [5.74, 6) is 0.105. The molecule has 1 fully saturated rings. The number of likely N-dealkylation sites (tertiary alicyclic amines) is 1. The van der Waals surface area contributed by atoms with Crippen molar-refractivity contribution in [2.45, 2.75) is 32.7 Å². The van der Waals surface area contributed by atoms with Crippen molar-refractivity contribution in [1.29, 1.82) is 0 Å². The number of amides is 1. The topological polar surface area (TPSA) is 49.6 Å². The summed E-state index contributed by atoms with van der Waals surface area (Å²) in [7, 11) is 0. The number of anilines is 1. The van der Waals surface area contributed by atoms with E-state index in [9.17, 15) is 4.79 Å². The molecule has 0 atom stereocenters. The first-order valence-corrected chi connectivity index (χ1v) is 8.44. The summed E-state index contributed by atoms with van der Waals surface area (Å²) in [5, 5.41) is 0. The third kappa shape index (κ3) is 3.77. The van der Waals surface area contributed by atoms with Gasteiger partial charge in [0.25, 0.3) is 5.91 Å². The molecule has 1 saturated heterocycles. The molecule has 1 aliphatic rings. The molecule has 0 aromatic heterocycles. The highest BCUT2D eigenvalue weighted by Gasteiger charge is 2.26. The number of hydrogen-bond donors (Lipinski definition) is 1. The van der Waals surface area contributed by atoms with Gasteiger partial charge in [0.1, 0.15) is 0 Å². The Morgan fingerprint density at radius 2 is 1.95 bits per heavy atom. The van der Waals surface area contributed by atoms with Crippen LogP contribution in [-0.4, -0.2) is 47.9 Å². The monoisotopic (exact) mass is 353 g/mol. The molecule has 2 rings (SSSR count). The van der Waals surface area contributed by atoms with Crippen molar-refractivity contribution in [3.63, 3.8) is 0 Å². The minimum Gasteiger partial charge on any atom is -0.398 e. The van der Waals surface area contributed by atoms with E-state index in [2.05, 4.69) is 34.7 Å². The fraction of sp³-hybridized carbons (Fsp3) is 0.562. The number of benzene rings is 1. The van der Waals surface area contributed by atoms with Crippen molar-refractivity contribution < 1.29 is 4.79 Å². The van der Waals surface area contributed by atoms with Crippen molar-refractivity contribution in [3.8, 4) is 0 Å². The lowest BCUT2D eigenvalue weighted by Crippen LogP contribution is -2.46. The van der Waals surface area contributed by atoms with Gasteiger partial charge in [0, 0.05) is 34.9 Å². The van der Waals surface area contributed by atoms with Gasteiger partial charge >= 0.3 is 0 Å². The number of halogens is 1. The summed E-state index contributed by atoms with van der Waals surface area (Å²) in [6.07, 6.45) is 2.12. The van der Waals surface area contributed by atoms with Crippen molar-refractivity contribution in [2.75, 3.05) is 31.9 Å². The van der Waals surface area contributed by atoms with Crippen LogP contribution in [0.4, 0.5) is 5.69 Å². The van der Waals surface area contributed by atoms with E-state index >= 15 is 0 Å². The fourth-order valence-electron chi connectivity index (χ4n) is 3.02. The van der Waals surface area contributed by atoms with Crippen LogP contribution in [0.2, 0.25) is 0 Å². The largest absolute Gasteiger partial charge is 0.398 e. The van der Waals surface area contributed by atoms with Crippen molar-refractivity contribution >= 4 is 27.5 Å². The maximum atomic E-state index is 12.5. The minimum atomic E-state index is 0.105. The Kier molecular flexibility index (Phi) is 5.65. The number of piperidine rings is 1. The Morgan fingerprint density at radius 1 is 1.33 bits per heavy atom. The average Bonchev–Trinajstić information content (AvgIpc) is 2.51. The number of hydrogen-bond acceptors (Lipinski definition) is 3. The second kappa shape index (κ2) is 7.27. The van der Waals surface area contributed by atoms with Gasteiger partial charge in [-0.15, -0.1) is 0 Å². The van der Waals surface area contributed by atoms with Crippen LogP contribution in [0.25, 0.3) is 0 Å². The summed E-state index contributed by atoms with van der Waals surface area (Å²) in [6.45, 7) is 8.24. The van der Waals surface area contributed by atoms with E-state index in [0.717, 1.165) is 43.5 Å². The number of nitrogens with zero attached hydrogens (tertiary/aromatic N) is 2. The average molecular weight is 354 g/mol. The van der Waals surface area contributed by atoms with E-state index in [0.29, 0.717) is 17.3 Å². The Balaban J connectivity index is 1.98. The molecule has 2 N–H and O–H groups in total. The van der Waals surface area contributed by atoms with E-state index in [-0.39, 0.29) is 5.91 Å². The van der Waals surface area contributed by atoms with Gasteiger partial charge in [0.05, 0.1) is 0 Å². The zero-order chi connectivity index (χ0) is 15.4. The molecule has 1 amide bonds. The summed E-state index contributed by atoms with van der Waals surface area (Å²) in [5.41, 5.74) is 7.14. The third-order valence-corrected chi connectivity index (χ3v) is 5.01. The maximum Gasteiger partial charge on any atom is 0.253 e. The van der Waals surface area contributed by atoms with Gasteiger partial charge < -0.3 is 15.5 Å². The number of carbonyl (C=O) groups is 1. The molecule has 1 aliphatic heterocycles. The second-order valence-electron chi connectivity index (χ2n) is 5.48. The van der Waals surface area contributed by atoms with Crippen LogP contribution in [0.5, 0.6) is 0 Å². The smallest absolute Gasteiger partial charge is 0.253 e. The molecule has 1 heterocycles. The molecule has 0 unspecified atom stereocenters. The number of carbonyl (C=O) groups excluding carboxylic acids is 1. The quantitative estimate of drug-likeness (QED) is 0.846. The lowest BCUT2D eigenvalue weighted by molar-refractivity contribution is 0.0631. The van der Waals surface area contributed by atoms with E-state index < -0.39 is 0 Å². The van der Waals surface area contributed by atoms with Crippen LogP contribution in [-0.2, 0) is 0 Å². The first-order valence-electron chi connectivity index (χ1n) is 7.65. The second-order valence-corrected chi connectivity index (χ2v) is 6.34. The molecule has 5 heteroatoms. The Labute approximate surface area is 135 Å². The summed E-state index contributed by atoms with van der Waals surface area (Å²) >= 11 is 3.38. The molecule has 0 aliphatic carbocycles. The predicted molar refractivity (Wildman–Crippen MR) is 90.4 cm³/mol. The Bertz CT molecular complexity index is 494. The van der Waals surface area contributed by atoms with E-state index in [4.69, 9.17) is 5.73 Å². The van der Waals surface area contributed by atoms with Crippen LogP contribution in [0.3, 0.4) is 0 Å². The van der Waals surface area contributed by atoms with Crippen LogP contribution in [0.1, 0.15) is 37.0 Å². The predicted octanol–water partition coefficient (Wildman–Crippen LogP) is 2.98. The van der Waals surface area contributed by atoms with Gasteiger partial charge in [0.2, 0.25) is 0 Å². The highest BCUT2D eigenvalue weighted by Crippen LogP contribution is 2.23. The third-order valence-electron chi connectivity index (χ3n) is 4.33. The first-order chi connectivity index (χ1) is 10.1. The van der Waals surface area contributed by atoms with E-state index in [1.165, 1.54) is 0 Å². The highest BCUT2D eigenvalue weighted by atomic mass is 79.9. The summed E-state index contributed by atoms with van der Waals surface area (Å²) in [4.78, 5) is 17.0. The van der Waals surface area contributed by atoms with Gasteiger partial charge in [-0.05, 0) is 60.1 Å². The molecule has 4 nitrogen and oxygen atoms in total. The van der Waals surface area contributed by atoms with Gasteiger partial charge in [-0.3, -0.25) is 4.79 Å².